The number of halogens is 3. The molecule has 1 aliphatic heterocycles. The molecule has 0 aromatic rings. The molecule has 1 amide bonds. The molecule has 10 heteroatoms. The zero-order chi connectivity index (χ0) is 15.8. The van der Waals surface area contributed by atoms with E-state index in [0.717, 1.165) is 6.08 Å². The van der Waals surface area contributed by atoms with Crippen LogP contribution < -0.4 is 5.14 Å². The lowest BCUT2D eigenvalue weighted by molar-refractivity contribution is -0.127. The molecular weight excluding hydrogens is 311 g/mol. The predicted octanol–water partition coefficient (Wildman–Crippen LogP) is 1.15. The number of rotatable bonds is 2. The van der Waals surface area contributed by atoms with Gasteiger partial charge >= 0.3 is 6.18 Å². The molecule has 6 nitrogen and oxygen atoms in total. The Morgan fingerprint density at radius 2 is 1.95 bits per heavy atom. The Balaban J connectivity index is 2.34. The van der Waals surface area contributed by atoms with E-state index in [1.807, 2.05) is 0 Å². The van der Waals surface area contributed by atoms with Crippen molar-refractivity contribution in [3.8, 4) is 0 Å². The molecule has 1 aliphatic carbocycles. The quantitative estimate of drug-likeness (QED) is 0.827. The van der Waals surface area contributed by atoms with Crippen molar-refractivity contribution >= 4 is 21.6 Å². The molecule has 0 atom stereocenters. The van der Waals surface area contributed by atoms with Gasteiger partial charge in [-0.05, 0) is 18.2 Å². The van der Waals surface area contributed by atoms with Gasteiger partial charge in [-0.2, -0.15) is 18.3 Å². The minimum Gasteiger partial charge on any atom is -0.272 e. The van der Waals surface area contributed by atoms with Gasteiger partial charge in [-0.25, -0.2) is 18.6 Å². The summed E-state index contributed by atoms with van der Waals surface area (Å²) in [4.78, 5) is 11.4. The second-order valence-corrected chi connectivity index (χ2v) is 5.87. The summed E-state index contributed by atoms with van der Waals surface area (Å²) >= 11 is 0. The lowest BCUT2D eigenvalue weighted by Gasteiger charge is -2.13. The Kier molecular flexibility index (Phi) is 3.76. The average molecular weight is 321 g/mol. The Bertz CT molecular complexity index is 702. The third-order valence-corrected chi connectivity index (χ3v) is 3.68. The maximum atomic E-state index is 12.5. The molecule has 0 saturated heterocycles. The number of hydrogen-bond donors (Lipinski definition) is 1. The highest BCUT2D eigenvalue weighted by molar-refractivity contribution is 7.93. The van der Waals surface area contributed by atoms with Crippen LogP contribution in [0.5, 0.6) is 0 Å². The van der Waals surface area contributed by atoms with E-state index in [1.54, 1.807) is 0 Å². The Morgan fingerprint density at radius 3 is 2.48 bits per heavy atom. The van der Waals surface area contributed by atoms with Gasteiger partial charge in [0.15, 0.2) is 5.71 Å². The van der Waals surface area contributed by atoms with Crippen LogP contribution in [0.15, 0.2) is 40.0 Å². The first-order valence-corrected chi connectivity index (χ1v) is 7.21. The molecule has 114 valence electrons. The van der Waals surface area contributed by atoms with E-state index in [2.05, 4.69) is 5.10 Å². The molecule has 0 aromatic heterocycles. The second-order valence-electron chi connectivity index (χ2n) is 4.31. The summed E-state index contributed by atoms with van der Waals surface area (Å²) in [5.41, 5.74) is -1.05. The summed E-state index contributed by atoms with van der Waals surface area (Å²) < 4.78 is 59.9. The van der Waals surface area contributed by atoms with Gasteiger partial charge in [0.05, 0.1) is 11.3 Å². The van der Waals surface area contributed by atoms with Crippen LogP contribution in [0.4, 0.5) is 13.2 Å². The first-order chi connectivity index (χ1) is 9.59. The molecule has 2 N–H and O–H groups in total. The lowest BCUT2D eigenvalue weighted by Crippen LogP contribution is -2.22. The highest BCUT2D eigenvalue weighted by Crippen LogP contribution is 2.28. The van der Waals surface area contributed by atoms with Crippen LogP contribution in [-0.4, -0.2) is 31.2 Å². The SMILES string of the molecule is NS(=O)(=O)C1=CC=C(N2N=C(C(F)(F)F)CC2=O)CC=C1. The summed E-state index contributed by atoms with van der Waals surface area (Å²) in [5.74, 6) is -0.825. The molecule has 2 rings (SSSR count). The van der Waals surface area contributed by atoms with Gasteiger partial charge < -0.3 is 0 Å². The van der Waals surface area contributed by atoms with E-state index >= 15 is 0 Å². The molecule has 2 aliphatic rings. The normalized spacial score (nSPS) is 20.1. The van der Waals surface area contributed by atoms with Crippen molar-refractivity contribution in [3.05, 3.63) is 34.9 Å². The Labute approximate surface area is 118 Å². The Hall–Kier alpha value is -1.94. The van der Waals surface area contributed by atoms with Crippen molar-refractivity contribution < 1.29 is 26.4 Å². The first-order valence-electron chi connectivity index (χ1n) is 5.67. The fourth-order valence-corrected chi connectivity index (χ4v) is 2.30. The maximum absolute atomic E-state index is 12.5. The molecule has 0 spiro atoms. The number of hydrazone groups is 1. The first kappa shape index (κ1) is 15.4. The molecule has 0 radical (unpaired) electrons. The number of carbonyl (C=O) groups is 1. The van der Waals surface area contributed by atoms with E-state index in [-0.39, 0.29) is 17.0 Å². The number of carbonyl (C=O) groups excluding carboxylic acids is 1. The minimum absolute atomic E-state index is 0.0515. The van der Waals surface area contributed by atoms with Crippen LogP contribution in [-0.2, 0) is 14.8 Å². The summed E-state index contributed by atoms with van der Waals surface area (Å²) in [7, 11) is -3.93. The number of amides is 1. The van der Waals surface area contributed by atoms with Crippen LogP contribution in [0.2, 0.25) is 0 Å². The highest BCUT2D eigenvalue weighted by Gasteiger charge is 2.43. The van der Waals surface area contributed by atoms with E-state index in [1.165, 1.54) is 18.2 Å². The summed E-state index contributed by atoms with van der Waals surface area (Å²) in [6, 6.07) is 0. The van der Waals surface area contributed by atoms with Crippen molar-refractivity contribution in [2.24, 2.45) is 10.2 Å². The number of sulfonamides is 1. The fraction of sp³-hybridized carbons (Fsp3) is 0.273. The summed E-state index contributed by atoms with van der Waals surface area (Å²) in [6.45, 7) is 0. The molecule has 1 heterocycles. The zero-order valence-electron chi connectivity index (χ0n) is 10.5. The van der Waals surface area contributed by atoms with E-state index in [0.29, 0.717) is 5.01 Å². The van der Waals surface area contributed by atoms with Gasteiger partial charge in [0.1, 0.15) is 0 Å². The molecule has 0 bridgehead atoms. The zero-order valence-corrected chi connectivity index (χ0v) is 11.3. The summed E-state index contributed by atoms with van der Waals surface area (Å²) in [6.07, 6.45) is -0.542. The standard InChI is InChI=1S/C11H10F3N3O3S/c12-11(13,14)9-6-10(18)17(16-9)7-2-1-3-8(5-4-7)21(15,19)20/h1,3-5H,2,6H2,(H2,15,19,20). The molecule has 21 heavy (non-hydrogen) atoms. The fourth-order valence-electron chi connectivity index (χ4n) is 1.76. The van der Waals surface area contributed by atoms with Crippen molar-refractivity contribution in [2.45, 2.75) is 19.0 Å². The van der Waals surface area contributed by atoms with E-state index in [9.17, 15) is 26.4 Å². The van der Waals surface area contributed by atoms with Crippen molar-refractivity contribution in [3.63, 3.8) is 0 Å². The third-order valence-electron chi connectivity index (χ3n) is 2.75. The van der Waals surface area contributed by atoms with Crippen LogP contribution in [0.25, 0.3) is 0 Å². The van der Waals surface area contributed by atoms with Crippen LogP contribution >= 0.6 is 0 Å². The number of primary sulfonamides is 1. The van der Waals surface area contributed by atoms with Crippen molar-refractivity contribution in [1.82, 2.24) is 5.01 Å². The smallest absolute Gasteiger partial charge is 0.272 e. The molecule has 0 fully saturated rings. The minimum atomic E-state index is -4.67. The Morgan fingerprint density at radius 1 is 1.29 bits per heavy atom. The van der Waals surface area contributed by atoms with Gasteiger partial charge in [0, 0.05) is 12.1 Å². The number of alkyl halides is 3. The number of nitrogens with two attached hydrogens (primary N) is 1. The summed E-state index contributed by atoms with van der Waals surface area (Å²) in [5, 5.41) is 8.84. The van der Waals surface area contributed by atoms with E-state index in [4.69, 9.17) is 5.14 Å². The van der Waals surface area contributed by atoms with Gasteiger partial charge in [-0.3, -0.25) is 4.79 Å². The van der Waals surface area contributed by atoms with Crippen LogP contribution in [0, 0.1) is 0 Å². The largest absolute Gasteiger partial charge is 0.431 e. The van der Waals surface area contributed by atoms with Gasteiger partial charge in [-0.1, -0.05) is 6.08 Å². The van der Waals surface area contributed by atoms with E-state index < -0.39 is 34.2 Å². The maximum Gasteiger partial charge on any atom is 0.431 e. The molecule has 0 saturated carbocycles. The molecule has 0 aromatic carbocycles. The highest BCUT2D eigenvalue weighted by atomic mass is 32.2. The molecular formula is C11H10F3N3O3S. The van der Waals surface area contributed by atoms with Gasteiger partial charge in [-0.15, -0.1) is 0 Å². The number of allylic oxidation sites excluding steroid dienone is 4. The number of hydrogen-bond acceptors (Lipinski definition) is 4. The topological polar surface area (TPSA) is 92.8 Å². The third kappa shape index (κ3) is 3.39. The van der Waals surface area contributed by atoms with Gasteiger partial charge in [0.2, 0.25) is 10.0 Å². The van der Waals surface area contributed by atoms with Gasteiger partial charge in [0.25, 0.3) is 5.91 Å². The van der Waals surface area contributed by atoms with Crippen LogP contribution in [0.3, 0.4) is 0 Å². The average Bonchev–Trinajstić information content (AvgIpc) is 2.58. The molecule has 0 unspecified atom stereocenters. The predicted molar refractivity (Wildman–Crippen MR) is 68.0 cm³/mol. The van der Waals surface area contributed by atoms with Crippen LogP contribution in [0.1, 0.15) is 12.8 Å². The van der Waals surface area contributed by atoms with Crippen molar-refractivity contribution in [1.29, 1.82) is 0 Å². The van der Waals surface area contributed by atoms with Crippen molar-refractivity contribution in [2.75, 3.05) is 0 Å². The lowest BCUT2D eigenvalue weighted by atomic mass is 10.2. The second kappa shape index (κ2) is 5.11. The monoisotopic (exact) mass is 321 g/mol. The number of nitrogens with zero attached hydrogens (tertiary/aromatic N) is 2.